The minimum Gasteiger partial charge on any atom is -0.496 e. The first-order chi connectivity index (χ1) is 9.94. The summed E-state index contributed by atoms with van der Waals surface area (Å²) in [6.07, 6.45) is 0. The summed E-state index contributed by atoms with van der Waals surface area (Å²) in [5, 5.41) is 2.80. The van der Waals surface area contributed by atoms with Crippen LogP contribution in [0.25, 0.3) is 0 Å². The molecule has 0 heterocycles. The van der Waals surface area contributed by atoms with Crippen LogP contribution in [0.15, 0.2) is 12.1 Å². The van der Waals surface area contributed by atoms with Crippen LogP contribution in [0.2, 0.25) is 0 Å². The van der Waals surface area contributed by atoms with Crippen LogP contribution in [0.5, 0.6) is 17.2 Å². The molecular formula is C15H24N2O4. The molecule has 0 aliphatic heterocycles. The van der Waals surface area contributed by atoms with Crippen LogP contribution in [0.4, 0.5) is 0 Å². The third-order valence-corrected chi connectivity index (χ3v) is 3.26. The van der Waals surface area contributed by atoms with Crippen LogP contribution in [0.1, 0.15) is 19.4 Å². The molecular weight excluding hydrogens is 272 g/mol. The Hall–Kier alpha value is -1.95. The highest BCUT2D eigenvalue weighted by Crippen LogP contribution is 2.34. The molecule has 1 aromatic rings. The molecule has 1 amide bonds. The molecule has 1 rings (SSSR count). The van der Waals surface area contributed by atoms with E-state index in [9.17, 15) is 4.79 Å². The van der Waals surface area contributed by atoms with Gasteiger partial charge in [0.25, 0.3) is 0 Å². The third kappa shape index (κ3) is 4.26. The summed E-state index contributed by atoms with van der Waals surface area (Å²) in [5.74, 6) is 1.66. The third-order valence-electron chi connectivity index (χ3n) is 3.26. The van der Waals surface area contributed by atoms with Crippen LogP contribution >= 0.6 is 0 Å². The highest BCUT2D eigenvalue weighted by atomic mass is 16.5. The van der Waals surface area contributed by atoms with E-state index < -0.39 is 6.04 Å². The Labute approximate surface area is 125 Å². The first-order valence-corrected chi connectivity index (χ1v) is 6.76. The van der Waals surface area contributed by atoms with E-state index in [4.69, 9.17) is 19.9 Å². The average Bonchev–Trinajstić information content (AvgIpc) is 2.50. The average molecular weight is 296 g/mol. The summed E-state index contributed by atoms with van der Waals surface area (Å²) in [6.45, 7) is 4.12. The number of nitrogens with two attached hydrogens (primary N) is 1. The molecule has 0 bridgehead atoms. The molecule has 0 aliphatic rings. The highest BCUT2D eigenvalue weighted by Gasteiger charge is 2.18. The Balaban J connectivity index is 2.90. The molecule has 0 unspecified atom stereocenters. The van der Waals surface area contributed by atoms with Gasteiger partial charge in [-0.1, -0.05) is 13.8 Å². The van der Waals surface area contributed by atoms with Crippen molar-refractivity contribution in [3.63, 3.8) is 0 Å². The number of carbonyl (C=O) groups is 1. The maximum Gasteiger partial charge on any atom is 0.237 e. The van der Waals surface area contributed by atoms with Crippen molar-refractivity contribution < 1.29 is 19.0 Å². The monoisotopic (exact) mass is 296 g/mol. The van der Waals surface area contributed by atoms with Gasteiger partial charge in [-0.2, -0.15) is 0 Å². The zero-order valence-corrected chi connectivity index (χ0v) is 13.2. The lowest BCUT2D eigenvalue weighted by atomic mass is 10.0. The quantitative estimate of drug-likeness (QED) is 0.793. The number of benzene rings is 1. The zero-order valence-electron chi connectivity index (χ0n) is 13.2. The van der Waals surface area contributed by atoms with Gasteiger partial charge in [0.15, 0.2) is 11.5 Å². The van der Waals surface area contributed by atoms with Crippen molar-refractivity contribution in [2.75, 3.05) is 21.3 Å². The predicted molar refractivity (Wildman–Crippen MR) is 80.8 cm³/mol. The number of methoxy groups -OCH3 is 3. The van der Waals surface area contributed by atoms with Crippen LogP contribution in [0, 0.1) is 5.92 Å². The Morgan fingerprint density at radius 1 is 1.10 bits per heavy atom. The molecule has 0 saturated carbocycles. The van der Waals surface area contributed by atoms with Crippen molar-refractivity contribution in [3.05, 3.63) is 17.7 Å². The van der Waals surface area contributed by atoms with E-state index >= 15 is 0 Å². The van der Waals surface area contributed by atoms with E-state index in [0.717, 1.165) is 5.56 Å². The summed E-state index contributed by atoms with van der Waals surface area (Å²) < 4.78 is 15.8. The van der Waals surface area contributed by atoms with Crippen LogP contribution in [-0.4, -0.2) is 33.3 Å². The molecule has 0 aromatic heterocycles. The van der Waals surface area contributed by atoms with Gasteiger partial charge in [0.2, 0.25) is 5.91 Å². The van der Waals surface area contributed by atoms with Crippen molar-refractivity contribution >= 4 is 5.91 Å². The number of hydrogen-bond acceptors (Lipinski definition) is 5. The van der Waals surface area contributed by atoms with Gasteiger partial charge in [-0.05, 0) is 12.0 Å². The Morgan fingerprint density at radius 2 is 1.62 bits per heavy atom. The van der Waals surface area contributed by atoms with Gasteiger partial charge in [0.1, 0.15) is 5.75 Å². The lowest BCUT2D eigenvalue weighted by Crippen LogP contribution is -2.43. The number of rotatable bonds is 7. The molecule has 0 fully saturated rings. The molecule has 1 aromatic carbocycles. The molecule has 0 saturated heterocycles. The van der Waals surface area contributed by atoms with Gasteiger partial charge in [0.05, 0.1) is 27.4 Å². The van der Waals surface area contributed by atoms with E-state index in [2.05, 4.69) is 5.32 Å². The summed E-state index contributed by atoms with van der Waals surface area (Å²) in [6, 6.07) is 2.97. The van der Waals surface area contributed by atoms with Crippen molar-refractivity contribution in [3.8, 4) is 17.2 Å². The van der Waals surface area contributed by atoms with Crippen molar-refractivity contribution in [2.45, 2.75) is 26.4 Å². The van der Waals surface area contributed by atoms with Crippen LogP contribution in [-0.2, 0) is 11.3 Å². The van der Waals surface area contributed by atoms with Gasteiger partial charge in [-0.15, -0.1) is 0 Å². The normalized spacial score (nSPS) is 12.0. The van der Waals surface area contributed by atoms with Crippen molar-refractivity contribution in [1.29, 1.82) is 0 Å². The van der Waals surface area contributed by atoms with Crippen molar-refractivity contribution in [1.82, 2.24) is 5.32 Å². The number of carbonyl (C=O) groups excluding carboxylic acids is 1. The Kier molecular flexibility index (Phi) is 6.30. The fourth-order valence-electron chi connectivity index (χ4n) is 1.83. The number of ether oxygens (including phenoxy) is 3. The zero-order chi connectivity index (χ0) is 16.0. The standard InChI is InChI=1S/C15H24N2O4/c1-9(2)14(16)15(18)17-8-10-6-12(20-4)13(21-5)7-11(10)19-3/h6-7,9,14H,8,16H2,1-5H3,(H,17,18)/t14-/m0/s1. The van der Waals surface area contributed by atoms with Gasteiger partial charge in [-0.25, -0.2) is 0 Å². The second-order valence-electron chi connectivity index (χ2n) is 5.01. The van der Waals surface area contributed by atoms with E-state index in [1.54, 1.807) is 33.5 Å². The number of nitrogens with one attached hydrogen (secondary N) is 1. The molecule has 0 spiro atoms. The van der Waals surface area contributed by atoms with E-state index in [1.807, 2.05) is 13.8 Å². The molecule has 21 heavy (non-hydrogen) atoms. The van der Waals surface area contributed by atoms with E-state index in [1.165, 1.54) is 0 Å². The fraction of sp³-hybridized carbons (Fsp3) is 0.533. The second-order valence-corrected chi connectivity index (χ2v) is 5.01. The van der Waals surface area contributed by atoms with Crippen molar-refractivity contribution in [2.24, 2.45) is 11.7 Å². The van der Waals surface area contributed by atoms with Gasteiger partial charge in [0, 0.05) is 18.2 Å². The lowest BCUT2D eigenvalue weighted by molar-refractivity contribution is -0.123. The molecule has 6 heteroatoms. The van der Waals surface area contributed by atoms with Gasteiger partial charge < -0.3 is 25.3 Å². The molecule has 118 valence electrons. The minimum atomic E-state index is -0.531. The first kappa shape index (κ1) is 17.1. The topological polar surface area (TPSA) is 82.8 Å². The Bertz CT molecular complexity index is 489. The molecule has 1 atom stereocenters. The predicted octanol–water partition coefficient (Wildman–Crippen LogP) is 1.31. The van der Waals surface area contributed by atoms with Gasteiger partial charge >= 0.3 is 0 Å². The fourth-order valence-corrected chi connectivity index (χ4v) is 1.83. The Morgan fingerprint density at radius 3 is 2.10 bits per heavy atom. The van der Waals surface area contributed by atoms with E-state index in [0.29, 0.717) is 23.8 Å². The largest absolute Gasteiger partial charge is 0.496 e. The highest BCUT2D eigenvalue weighted by molar-refractivity contribution is 5.81. The second kappa shape index (κ2) is 7.73. The number of hydrogen-bond donors (Lipinski definition) is 2. The van der Waals surface area contributed by atoms with Crippen LogP contribution in [0.3, 0.4) is 0 Å². The van der Waals surface area contributed by atoms with Crippen LogP contribution < -0.4 is 25.3 Å². The SMILES string of the molecule is COc1cc(OC)c(OC)cc1CNC(=O)[C@@H](N)C(C)C. The molecule has 3 N–H and O–H groups in total. The summed E-state index contributed by atoms with van der Waals surface area (Å²) in [5.41, 5.74) is 6.60. The summed E-state index contributed by atoms with van der Waals surface area (Å²) in [4.78, 5) is 11.9. The maximum absolute atomic E-state index is 11.9. The number of amides is 1. The summed E-state index contributed by atoms with van der Waals surface area (Å²) >= 11 is 0. The smallest absolute Gasteiger partial charge is 0.237 e. The molecule has 0 radical (unpaired) electrons. The molecule has 6 nitrogen and oxygen atoms in total. The summed E-state index contributed by atoms with van der Waals surface area (Å²) in [7, 11) is 4.67. The first-order valence-electron chi connectivity index (χ1n) is 6.76. The minimum absolute atomic E-state index is 0.0808. The van der Waals surface area contributed by atoms with E-state index in [-0.39, 0.29) is 11.8 Å². The molecule has 0 aliphatic carbocycles. The maximum atomic E-state index is 11.9. The lowest BCUT2D eigenvalue weighted by Gasteiger charge is -2.17. The van der Waals surface area contributed by atoms with Gasteiger partial charge in [-0.3, -0.25) is 4.79 Å².